The third kappa shape index (κ3) is 3.16. The van der Waals surface area contributed by atoms with Gasteiger partial charge in [-0.2, -0.15) is 5.10 Å². The average Bonchev–Trinajstić information content (AvgIpc) is 3.41. The number of rotatable bonds is 4. The average molecular weight is 376 g/mol. The molecule has 0 unspecified atom stereocenters. The van der Waals surface area contributed by atoms with E-state index in [0.29, 0.717) is 22.9 Å². The number of aromatic amines is 1. The largest absolute Gasteiger partial charge is 0.461 e. The van der Waals surface area contributed by atoms with Gasteiger partial charge in [-0.1, -0.05) is 0 Å². The Morgan fingerprint density at radius 3 is 2.71 bits per heavy atom. The standard InChI is InChI=1S/C19H20N8O/c1-26-6-8-27(9-7-26)16-5-4-13(11-20-16)22-19-17-14(12-21-25-17)23-18(24-19)15-3-2-10-28-15/h2-5,10-12H,6-9H2,1H3,(H,21,25)(H,22,23,24). The number of fused-ring (bicyclic) bond motifs is 1. The lowest BCUT2D eigenvalue weighted by Crippen LogP contribution is -2.44. The predicted molar refractivity (Wildman–Crippen MR) is 107 cm³/mol. The molecule has 1 aliphatic rings. The first-order valence-electron chi connectivity index (χ1n) is 9.18. The van der Waals surface area contributed by atoms with E-state index in [9.17, 15) is 0 Å². The zero-order valence-electron chi connectivity index (χ0n) is 15.5. The Labute approximate surface area is 161 Å². The van der Waals surface area contributed by atoms with E-state index >= 15 is 0 Å². The van der Waals surface area contributed by atoms with E-state index in [2.05, 4.69) is 47.3 Å². The van der Waals surface area contributed by atoms with Gasteiger partial charge in [0.25, 0.3) is 0 Å². The van der Waals surface area contributed by atoms with Crippen molar-refractivity contribution >= 4 is 28.4 Å². The number of H-pyrrole nitrogens is 1. The molecule has 4 aromatic heterocycles. The summed E-state index contributed by atoms with van der Waals surface area (Å²) in [5.41, 5.74) is 2.29. The first-order valence-corrected chi connectivity index (χ1v) is 9.18. The highest BCUT2D eigenvalue weighted by molar-refractivity contribution is 5.88. The second-order valence-electron chi connectivity index (χ2n) is 6.82. The highest BCUT2D eigenvalue weighted by atomic mass is 16.3. The van der Waals surface area contributed by atoms with Gasteiger partial charge in [-0.15, -0.1) is 0 Å². The highest BCUT2D eigenvalue weighted by Gasteiger charge is 2.16. The summed E-state index contributed by atoms with van der Waals surface area (Å²) in [6.45, 7) is 4.08. The van der Waals surface area contributed by atoms with E-state index in [1.54, 1.807) is 12.5 Å². The summed E-state index contributed by atoms with van der Waals surface area (Å²) in [7, 11) is 2.15. The van der Waals surface area contributed by atoms with Crippen molar-refractivity contribution in [2.75, 3.05) is 43.4 Å². The number of hydrogen-bond donors (Lipinski definition) is 2. The van der Waals surface area contributed by atoms with Crippen LogP contribution in [0.1, 0.15) is 0 Å². The Bertz CT molecular complexity index is 1070. The van der Waals surface area contributed by atoms with Gasteiger partial charge in [-0.3, -0.25) is 5.10 Å². The minimum absolute atomic E-state index is 0.503. The lowest BCUT2D eigenvalue weighted by molar-refractivity contribution is 0.312. The smallest absolute Gasteiger partial charge is 0.198 e. The molecule has 1 saturated heterocycles. The van der Waals surface area contributed by atoms with E-state index in [0.717, 1.165) is 43.2 Å². The number of aromatic nitrogens is 5. The Kier molecular flexibility index (Phi) is 4.13. The van der Waals surface area contributed by atoms with Crippen LogP contribution < -0.4 is 10.2 Å². The molecular formula is C19H20N8O. The molecule has 5 rings (SSSR count). The second kappa shape index (κ2) is 6.93. The number of nitrogens with zero attached hydrogens (tertiary/aromatic N) is 6. The van der Waals surface area contributed by atoms with E-state index in [1.807, 2.05) is 30.5 Å². The van der Waals surface area contributed by atoms with Gasteiger partial charge in [-0.25, -0.2) is 15.0 Å². The zero-order valence-corrected chi connectivity index (χ0v) is 15.5. The molecule has 5 heterocycles. The fourth-order valence-corrected chi connectivity index (χ4v) is 3.27. The molecule has 0 saturated carbocycles. The van der Waals surface area contributed by atoms with Gasteiger partial charge in [0.15, 0.2) is 17.4 Å². The van der Waals surface area contributed by atoms with Crippen LogP contribution in [0.2, 0.25) is 0 Å². The lowest BCUT2D eigenvalue weighted by atomic mass is 10.3. The molecule has 9 heteroatoms. The van der Waals surface area contributed by atoms with Gasteiger partial charge in [0.2, 0.25) is 0 Å². The molecule has 0 amide bonds. The Morgan fingerprint density at radius 1 is 1.07 bits per heavy atom. The van der Waals surface area contributed by atoms with Gasteiger partial charge in [0, 0.05) is 26.2 Å². The third-order valence-corrected chi connectivity index (χ3v) is 4.88. The maximum absolute atomic E-state index is 5.44. The van der Waals surface area contributed by atoms with Crippen molar-refractivity contribution in [2.24, 2.45) is 0 Å². The molecular weight excluding hydrogens is 356 g/mol. The summed E-state index contributed by atoms with van der Waals surface area (Å²) >= 11 is 0. The molecule has 28 heavy (non-hydrogen) atoms. The van der Waals surface area contributed by atoms with Crippen molar-refractivity contribution in [3.63, 3.8) is 0 Å². The van der Waals surface area contributed by atoms with Crippen LogP contribution in [0.4, 0.5) is 17.3 Å². The van der Waals surface area contributed by atoms with Crippen molar-refractivity contribution in [3.05, 3.63) is 42.9 Å². The van der Waals surface area contributed by atoms with Crippen molar-refractivity contribution < 1.29 is 4.42 Å². The zero-order chi connectivity index (χ0) is 18.9. The van der Waals surface area contributed by atoms with Crippen LogP contribution in [0.5, 0.6) is 0 Å². The molecule has 2 N–H and O–H groups in total. The maximum Gasteiger partial charge on any atom is 0.198 e. The molecule has 1 fully saturated rings. The Balaban J connectivity index is 1.41. The summed E-state index contributed by atoms with van der Waals surface area (Å²) in [6, 6.07) is 7.69. The number of piperazine rings is 1. The van der Waals surface area contributed by atoms with Gasteiger partial charge >= 0.3 is 0 Å². The number of hydrogen-bond acceptors (Lipinski definition) is 8. The van der Waals surface area contributed by atoms with Crippen LogP contribution >= 0.6 is 0 Å². The topological polar surface area (TPSA) is 99.0 Å². The number of furan rings is 1. The fourth-order valence-electron chi connectivity index (χ4n) is 3.27. The summed E-state index contributed by atoms with van der Waals surface area (Å²) < 4.78 is 5.44. The van der Waals surface area contributed by atoms with Crippen molar-refractivity contribution in [2.45, 2.75) is 0 Å². The molecule has 1 aliphatic heterocycles. The van der Waals surface area contributed by atoms with Crippen LogP contribution in [-0.2, 0) is 0 Å². The van der Waals surface area contributed by atoms with E-state index < -0.39 is 0 Å². The first-order chi connectivity index (χ1) is 13.8. The van der Waals surface area contributed by atoms with Crippen LogP contribution in [0.25, 0.3) is 22.6 Å². The predicted octanol–water partition coefficient (Wildman–Crippen LogP) is 2.50. The van der Waals surface area contributed by atoms with Crippen molar-refractivity contribution in [1.82, 2.24) is 30.0 Å². The Morgan fingerprint density at radius 2 is 1.96 bits per heavy atom. The van der Waals surface area contributed by atoms with E-state index in [4.69, 9.17) is 4.42 Å². The van der Waals surface area contributed by atoms with Crippen LogP contribution in [0.3, 0.4) is 0 Å². The quantitative estimate of drug-likeness (QED) is 0.560. The number of pyridine rings is 1. The van der Waals surface area contributed by atoms with E-state index in [1.165, 1.54) is 0 Å². The van der Waals surface area contributed by atoms with Crippen molar-refractivity contribution in [3.8, 4) is 11.6 Å². The van der Waals surface area contributed by atoms with Gasteiger partial charge < -0.3 is 19.5 Å². The molecule has 142 valence electrons. The minimum atomic E-state index is 0.503. The molecule has 0 atom stereocenters. The monoisotopic (exact) mass is 376 g/mol. The lowest BCUT2D eigenvalue weighted by Gasteiger charge is -2.33. The molecule has 9 nitrogen and oxygen atoms in total. The van der Waals surface area contributed by atoms with Gasteiger partial charge in [0.1, 0.15) is 16.9 Å². The number of nitrogens with one attached hydrogen (secondary N) is 2. The summed E-state index contributed by atoms with van der Waals surface area (Å²) in [4.78, 5) is 18.3. The fraction of sp³-hybridized carbons (Fsp3) is 0.263. The van der Waals surface area contributed by atoms with Crippen LogP contribution in [-0.4, -0.2) is 63.3 Å². The number of likely N-dealkylation sites (N-methyl/N-ethyl adjacent to an activating group) is 1. The van der Waals surface area contributed by atoms with Crippen LogP contribution in [0.15, 0.2) is 47.3 Å². The molecule has 0 radical (unpaired) electrons. The number of anilines is 3. The minimum Gasteiger partial charge on any atom is -0.461 e. The molecule has 0 aliphatic carbocycles. The van der Waals surface area contributed by atoms with Gasteiger partial charge in [0.05, 0.1) is 24.3 Å². The van der Waals surface area contributed by atoms with E-state index in [-0.39, 0.29) is 0 Å². The highest BCUT2D eigenvalue weighted by Crippen LogP contribution is 2.26. The second-order valence-corrected chi connectivity index (χ2v) is 6.82. The molecule has 4 aromatic rings. The first kappa shape index (κ1) is 16.7. The van der Waals surface area contributed by atoms with Crippen molar-refractivity contribution in [1.29, 1.82) is 0 Å². The molecule has 0 bridgehead atoms. The summed E-state index contributed by atoms with van der Waals surface area (Å²) in [5.74, 6) is 2.73. The summed E-state index contributed by atoms with van der Waals surface area (Å²) in [5, 5.41) is 10.3. The summed E-state index contributed by atoms with van der Waals surface area (Å²) in [6.07, 6.45) is 5.10. The third-order valence-electron chi connectivity index (χ3n) is 4.88. The molecule has 0 spiro atoms. The normalized spacial score (nSPS) is 15.2. The Hall–Kier alpha value is -3.46. The van der Waals surface area contributed by atoms with Crippen LogP contribution in [0, 0.1) is 0 Å². The maximum atomic E-state index is 5.44. The van der Waals surface area contributed by atoms with Gasteiger partial charge in [-0.05, 0) is 31.3 Å². The SMILES string of the molecule is CN1CCN(c2ccc(Nc3nc(-c4ccco4)nc4cn[nH]c34)cn2)CC1. The molecule has 0 aromatic carbocycles.